The smallest absolute Gasteiger partial charge is 0.363 e. The highest BCUT2D eigenvalue weighted by atomic mass is 16.6. The Bertz CT molecular complexity index is 377. The van der Waals surface area contributed by atoms with E-state index in [2.05, 4.69) is 11.6 Å². The van der Waals surface area contributed by atoms with Gasteiger partial charge in [-0.1, -0.05) is 12.2 Å². The van der Waals surface area contributed by atoms with Gasteiger partial charge in [-0.3, -0.25) is 0 Å². The second-order valence-electron chi connectivity index (χ2n) is 3.19. The summed E-state index contributed by atoms with van der Waals surface area (Å²) in [6.07, 6.45) is 0. The van der Waals surface area contributed by atoms with Crippen LogP contribution in [0, 0.1) is 10.1 Å². The second kappa shape index (κ2) is 5.21. The van der Waals surface area contributed by atoms with Crippen molar-refractivity contribution in [2.24, 2.45) is 0 Å². The van der Waals surface area contributed by atoms with Gasteiger partial charge < -0.3 is 14.9 Å². The molecule has 5 heteroatoms. The van der Waals surface area contributed by atoms with E-state index in [1.807, 2.05) is 6.92 Å². The molecule has 1 aromatic heterocycles. The predicted molar refractivity (Wildman–Crippen MR) is 55.4 cm³/mol. The maximum Gasteiger partial charge on any atom is 0.363 e. The van der Waals surface area contributed by atoms with Gasteiger partial charge in [0.25, 0.3) is 0 Å². The molecule has 0 amide bonds. The van der Waals surface area contributed by atoms with E-state index in [9.17, 15) is 10.1 Å². The van der Waals surface area contributed by atoms with Gasteiger partial charge in [-0.15, -0.1) is 0 Å². The average Bonchev–Trinajstić information content (AvgIpc) is 2.17. The number of rotatable bonds is 5. The highest BCUT2D eigenvalue weighted by Crippen LogP contribution is 2.08. The molecule has 0 bridgehead atoms. The summed E-state index contributed by atoms with van der Waals surface area (Å²) in [6, 6.07) is 4.62. The van der Waals surface area contributed by atoms with E-state index in [-0.39, 0.29) is 12.4 Å². The first-order valence-corrected chi connectivity index (χ1v) is 4.42. The van der Waals surface area contributed by atoms with Gasteiger partial charge in [-0.25, -0.2) is 0 Å². The number of nitro groups is 1. The van der Waals surface area contributed by atoms with Gasteiger partial charge in [-0.2, -0.15) is 0 Å². The molecular weight excluding hydrogens is 196 g/mol. The Morgan fingerprint density at radius 3 is 3.00 bits per heavy atom. The van der Waals surface area contributed by atoms with E-state index in [4.69, 9.17) is 4.74 Å². The van der Waals surface area contributed by atoms with Crippen molar-refractivity contribution in [3.63, 3.8) is 0 Å². The Morgan fingerprint density at radius 1 is 1.67 bits per heavy atom. The van der Waals surface area contributed by atoms with Crippen LogP contribution >= 0.6 is 0 Å². The maximum absolute atomic E-state index is 10.4. The highest BCUT2D eigenvalue weighted by molar-refractivity contribution is 5.21. The number of ether oxygens (including phenoxy) is 1. The maximum atomic E-state index is 10.4. The Kier molecular flexibility index (Phi) is 3.93. The van der Waals surface area contributed by atoms with Gasteiger partial charge in [0, 0.05) is 6.07 Å². The van der Waals surface area contributed by atoms with Crippen molar-refractivity contribution in [2.75, 3.05) is 6.61 Å². The van der Waals surface area contributed by atoms with Gasteiger partial charge >= 0.3 is 5.82 Å². The Labute approximate surface area is 87.6 Å². The third kappa shape index (κ3) is 3.86. The van der Waals surface area contributed by atoms with Crippen molar-refractivity contribution < 1.29 is 9.66 Å². The van der Waals surface area contributed by atoms with Crippen molar-refractivity contribution in [2.45, 2.75) is 13.5 Å². The van der Waals surface area contributed by atoms with Gasteiger partial charge in [0.2, 0.25) is 0 Å². The first kappa shape index (κ1) is 11.3. The summed E-state index contributed by atoms with van der Waals surface area (Å²) >= 11 is 0. The zero-order valence-corrected chi connectivity index (χ0v) is 8.47. The van der Waals surface area contributed by atoms with Crippen LogP contribution in [0.1, 0.15) is 12.6 Å². The Morgan fingerprint density at radius 2 is 2.40 bits per heavy atom. The van der Waals surface area contributed by atoms with Gasteiger partial charge in [0.1, 0.15) is 6.61 Å². The molecule has 0 atom stereocenters. The number of pyridine rings is 1. The van der Waals surface area contributed by atoms with Gasteiger partial charge in [0.05, 0.1) is 6.61 Å². The van der Waals surface area contributed by atoms with E-state index in [1.165, 1.54) is 6.07 Å². The number of nitrogens with zero attached hydrogens (tertiary/aromatic N) is 2. The van der Waals surface area contributed by atoms with Crippen LogP contribution < -0.4 is 0 Å². The molecule has 0 saturated carbocycles. The summed E-state index contributed by atoms with van der Waals surface area (Å²) in [4.78, 5) is 13.7. The van der Waals surface area contributed by atoms with Crippen molar-refractivity contribution >= 4 is 5.82 Å². The third-order valence-corrected chi connectivity index (χ3v) is 1.58. The lowest BCUT2D eigenvalue weighted by Crippen LogP contribution is -2.00. The van der Waals surface area contributed by atoms with Crippen molar-refractivity contribution in [3.8, 4) is 0 Å². The van der Waals surface area contributed by atoms with Gasteiger partial charge in [0.15, 0.2) is 5.69 Å². The molecule has 0 aliphatic carbocycles. The first-order chi connectivity index (χ1) is 7.09. The minimum absolute atomic E-state index is 0.161. The van der Waals surface area contributed by atoms with Crippen LogP contribution in [0.25, 0.3) is 0 Å². The van der Waals surface area contributed by atoms with Crippen LogP contribution in [0.5, 0.6) is 0 Å². The largest absolute Gasteiger partial charge is 0.368 e. The fourth-order valence-electron chi connectivity index (χ4n) is 0.979. The van der Waals surface area contributed by atoms with E-state index < -0.39 is 4.92 Å². The monoisotopic (exact) mass is 208 g/mol. The topological polar surface area (TPSA) is 65.3 Å². The molecule has 1 heterocycles. The summed E-state index contributed by atoms with van der Waals surface area (Å²) in [6.45, 7) is 6.22. The van der Waals surface area contributed by atoms with Crippen LogP contribution in [0.3, 0.4) is 0 Å². The number of hydrogen-bond acceptors (Lipinski definition) is 4. The van der Waals surface area contributed by atoms with E-state index in [0.29, 0.717) is 12.3 Å². The fraction of sp³-hybridized carbons (Fsp3) is 0.300. The predicted octanol–water partition coefficient (Wildman–Crippen LogP) is 2.08. The normalized spacial score (nSPS) is 9.93. The average molecular weight is 208 g/mol. The standard InChI is InChI=1S/C10H12N2O3/c1-8(2)6-15-7-9-4-3-5-10(11-9)12(13)14/h3-5H,1,6-7H2,2H3. The molecule has 1 aromatic rings. The third-order valence-electron chi connectivity index (χ3n) is 1.58. The van der Waals surface area contributed by atoms with Crippen molar-refractivity contribution in [1.29, 1.82) is 0 Å². The molecule has 0 aliphatic heterocycles. The van der Waals surface area contributed by atoms with E-state index in [1.54, 1.807) is 12.1 Å². The summed E-state index contributed by atoms with van der Waals surface area (Å²) < 4.78 is 5.23. The van der Waals surface area contributed by atoms with Crippen LogP contribution in [0.2, 0.25) is 0 Å². The summed E-state index contributed by atoms with van der Waals surface area (Å²) in [5.41, 5.74) is 1.45. The molecule has 0 fully saturated rings. The van der Waals surface area contributed by atoms with E-state index in [0.717, 1.165) is 5.57 Å². The number of hydrogen-bond donors (Lipinski definition) is 0. The summed E-state index contributed by atoms with van der Waals surface area (Å²) in [7, 11) is 0. The quantitative estimate of drug-likeness (QED) is 0.422. The van der Waals surface area contributed by atoms with Crippen LogP contribution in [0.4, 0.5) is 5.82 Å². The molecule has 15 heavy (non-hydrogen) atoms. The molecule has 0 aliphatic rings. The SMILES string of the molecule is C=C(C)COCc1cccc([N+](=O)[O-])n1. The molecule has 0 unspecified atom stereocenters. The van der Waals surface area contributed by atoms with Crippen LogP contribution in [-0.4, -0.2) is 16.5 Å². The fourth-order valence-corrected chi connectivity index (χ4v) is 0.979. The molecule has 80 valence electrons. The lowest BCUT2D eigenvalue weighted by molar-refractivity contribution is -0.389. The Hall–Kier alpha value is -1.75. The molecule has 0 aromatic carbocycles. The van der Waals surface area contributed by atoms with Crippen LogP contribution in [-0.2, 0) is 11.3 Å². The molecular formula is C10H12N2O3. The van der Waals surface area contributed by atoms with Crippen molar-refractivity contribution in [1.82, 2.24) is 4.98 Å². The molecule has 0 saturated heterocycles. The summed E-state index contributed by atoms with van der Waals surface area (Å²) in [5, 5.41) is 10.4. The Balaban J connectivity index is 2.58. The first-order valence-electron chi connectivity index (χ1n) is 4.42. The highest BCUT2D eigenvalue weighted by Gasteiger charge is 2.08. The lowest BCUT2D eigenvalue weighted by atomic mass is 10.3. The summed E-state index contributed by atoms with van der Waals surface area (Å²) in [5.74, 6) is -0.161. The molecule has 0 radical (unpaired) electrons. The minimum atomic E-state index is -0.526. The van der Waals surface area contributed by atoms with Gasteiger partial charge in [-0.05, 0) is 29.0 Å². The molecule has 0 spiro atoms. The second-order valence-corrected chi connectivity index (χ2v) is 3.19. The van der Waals surface area contributed by atoms with E-state index >= 15 is 0 Å². The molecule has 5 nitrogen and oxygen atoms in total. The molecule has 1 rings (SSSR count). The van der Waals surface area contributed by atoms with Crippen molar-refractivity contribution in [3.05, 3.63) is 46.2 Å². The van der Waals surface area contributed by atoms with Crippen LogP contribution in [0.15, 0.2) is 30.4 Å². The number of aromatic nitrogens is 1. The lowest BCUT2D eigenvalue weighted by Gasteiger charge is -2.00. The minimum Gasteiger partial charge on any atom is -0.368 e. The molecule has 0 N–H and O–H groups in total. The zero-order valence-electron chi connectivity index (χ0n) is 8.47. The zero-order chi connectivity index (χ0) is 11.3.